The Morgan fingerprint density at radius 3 is 2.14 bits per heavy atom. The average molecular weight is 297 g/mol. The Hall–Kier alpha value is -1.80. The van der Waals surface area contributed by atoms with E-state index in [1.54, 1.807) is 0 Å². The third-order valence-electron chi connectivity index (χ3n) is 4.25. The number of aliphatic hydroxyl groups excluding tert-OH is 1. The Labute approximate surface area is 134 Å². The van der Waals surface area contributed by atoms with E-state index >= 15 is 0 Å². The van der Waals surface area contributed by atoms with Crippen LogP contribution in [0.5, 0.6) is 0 Å². The van der Waals surface area contributed by atoms with Gasteiger partial charge in [0.05, 0.1) is 6.10 Å². The van der Waals surface area contributed by atoms with Crippen molar-refractivity contribution in [2.75, 3.05) is 18.0 Å². The molecule has 118 valence electrons. The number of nitrogens with zero attached hydrogens (tertiary/aromatic N) is 1. The number of rotatable bonds is 6. The first-order valence-electron chi connectivity index (χ1n) is 8.08. The quantitative estimate of drug-likeness (QED) is 0.844. The summed E-state index contributed by atoms with van der Waals surface area (Å²) in [4.78, 5) is 2.31. The minimum atomic E-state index is -0.404. The Morgan fingerprint density at radius 1 is 1.00 bits per heavy atom. The molecular weight excluding hydrogens is 270 g/mol. The molecule has 2 aromatic rings. The van der Waals surface area contributed by atoms with Crippen molar-refractivity contribution < 1.29 is 5.11 Å². The van der Waals surface area contributed by atoms with Gasteiger partial charge in [-0.15, -0.1) is 0 Å². The molecule has 0 aliphatic rings. The third-order valence-corrected chi connectivity index (χ3v) is 4.25. The van der Waals surface area contributed by atoms with Crippen LogP contribution in [0.15, 0.2) is 42.5 Å². The molecule has 0 aromatic heterocycles. The van der Waals surface area contributed by atoms with Gasteiger partial charge in [-0.3, -0.25) is 0 Å². The Kier molecular flexibility index (Phi) is 5.62. The van der Waals surface area contributed by atoms with E-state index in [9.17, 15) is 5.11 Å². The van der Waals surface area contributed by atoms with Gasteiger partial charge in [-0.05, 0) is 62.9 Å². The fourth-order valence-corrected chi connectivity index (χ4v) is 3.25. The maximum absolute atomic E-state index is 10.6. The summed E-state index contributed by atoms with van der Waals surface area (Å²) in [5, 5.41) is 10.6. The van der Waals surface area contributed by atoms with Gasteiger partial charge in [0.2, 0.25) is 0 Å². The SMILES string of the molecule is CCN(CCC(O)c1c(C)cc(C)cc1C)c1ccccc1. The van der Waals surface area contributed by atoms with Crippen LogP contribution >= 0.6 is 0 Å². The predicted molar refractivity (Wildman–Crippen MR) is 94.6 cm³/mol. The van der Waals surface area contributed by atoms with Gasteiger partial charge in [0.1, 0.15) is 0 Å². The summed E-state index contributed by atoms with van der Waals surface area (Å²) in [5.74, 6) is 0. The van der Waals surface area contributed by atoms with Crippen LogP contribution in [0.4, 0.5) is 5.69 Å². The van der Waals surface area contributed by atoms with Crippen LogP contribution in [0.1, 0.15) is 41.7 Å². The Bertz CT molecular complexity index is 583. The zero-order valence-corrected chi connectivity index (χ0v) is 14.1. The van der Waals surface area contributed by atoms with Gasteiger partial charge in [0, 0.05) is 18.8 Å². The molecule has 0 bridgehead atoms. The summed E-state index contributed by atoms with van der Waals surface area (Å²) in [7, 11) is 0. The van der Waals surface area contributed by atoms with Crippen molar-refractivity contribution in [1.82, 2.24) is 0 Å². The predicted octanol–water partition coefficient (Wildman–Crippen LogP) is 4.56. The second kappa shape index (κ2) is 7.46. The monoisotopic (exact) mass is 297 g/mol. The van der Waals surface area contributed by atoms with Gasteiger partial charge in [-0.2, -0.15) is 0 Å². The standard InChI is InChI=1S/C20H27NO/c1-5-21(18-9-7-6-8-10-18)12-11-19(22)20-16(3)13-15(2)14-17(20)4/h6-10,13-14,19,22H,5,11-12H2,1-4H3. The van der Waals surface area contributed by atoms with Gasteiger partial charge in [-0.1, -0.05) is 35.9 Å². The van der Waals surface area contributed by atoms with Crippen molar-refractivity contribution in [3.05, 3.63) is 64.7 Å². The number of aryl methyl sites for hydroxylation is 3. The first kappa shape index (κ1) is 16.6. The molecule has 22 heavy (non-hydrogen) atoms. The Morgan fingerprint density at radius 2 is 1.59 bits per heavy atom. The lowest BCUT2D eigenvalue weighted by Gasteiger charge is -2.25. The van der Waals surface area contributed by atoms with Crippen LogP contribution in [0.3, 0.4) is 0 Å². The lowest BCUT2D eigenvalue weighted by atomic mass is 9.94. The highest BCUT2D eigenvalue weighted by atomic mass is 16.3. The number of hydrogen-bond acceptors (Lipinski definition) is 2. The second-order valence-electron chi connectivity index (χ2n) is 6.03. The fraction of sp³-hybridized carbons (Fsp3) is 0.400. The van der Waals surface area contributed by atoms with Crippen molar-refractivity contribution >= 4 is 5.69 Å². The normalized spacial score (nSPS) is 12.2. The van der Waals surface area contributed by atoms with E-state index in [-0.39, 0.29) is 0 Å². The molecule has 0 aliphatic heterocycles. The highest BCUT2D eigenvalue weighted by Gasteiger charge is 2.15. The lowest BCUT2D eigenvalue weighted by Crippen LogP contribution is -2.25. The molecule has 0 amide bonds. The molecule has 2 heteroatoms. The molecule has 1 N–H and O–H groups in total. The average Bonchev–Trinajstić information content (AvgIpc) is 2.48. The summed E-state index contributed by atoms with van der Waals surface area (Å²) in [6, 6.07) is 14.7. The van der Waals surface area contributed by atoms with Crippen LogP contribution in [0.2, 0.25) is 0 Å². The summed E-state index contributed by atoms with van der Waals surface area (Å²) in [5.41, 5.74) is 5.94. The number of benzene rings is 2. The molecule has 0 fully saturated rings. The highest BCUT2D eigenvalue weighted by molar-refractivity contribution is 5.46. The molecule has 1 unspecified atom stereocenters. The zero-order valence-electron chi connectivity index (χ0n) is 14.1. The maximum Gasteiger partial charge on any atom is 0.0812 e. The molecular formula is C20H27NO. The van der Waals surface area contributed by atoms with E-state index in [4.69, 9.17) is 0 Å². The second-order valence-corrected chi connectivity index (χ2v) is 6.03. The largest absolute Gasteiger partial charge is 0.388 e. The molecule has 2 aromatic carbocycles. The number of anilines is 1. The molecule has 0 aliphatic carbocycles. The molecule has 0 spiro atoms. The van der Waals surface area contributed by atoms with Gasteiger partial charge in [0.15, 0.2) is 0 Å². The molecule has 2 rings (SSSR count). The third kappa shape index (κ3) is 3.89. The van der Waals surface area contributed by atoms with Crippen molar-refractivity contribution in [2.45, 2.75) is 40.2 Å². The van der Waals surface area contributed by atoms with Gasteiger partial charge >= 0.3 is 0 Å². The van der Waals surface area contributed by atoms with Crippen LogP contribution in [0, 0.1) is 20.8 Å². The summed E-state index contributed by atoms with van der Waals surface area (Å²) < 4.78 is 0. The smallest absolute Gasteiger partial charge is 0.0812 e. The van der Waals surface area contributed by atoms with Gasteiger partial charge in [-0.25, -0.2) is 0 Å². The van der Waals surface area contributed by atoms with Crippen LogP contribution in [0.25, 0.3) is 0 Å². The summed E-state index contributed by atoms with van der Waals surface area (Å²) in [6.07, 6.45) is 0.339. The zero-order chi connectivity index (χ0) is 16.1. The van der Waals surface area contributed by atoms with Gasteiger partial charge in [0.25, 0.3) is 0 Å². The fourth-order valence-electron chi connectivity index (χ4n) is 3.25. The van der Waals surface area contributed by atoms with Crippen molar-refractivity contribution in [1.29, 1.82) is 0 Å². The van der Waals surface area contributed by atoms with E-state index in [1.165, 1.54) is 22.4 Å². The van der Waals surface area contributed by atoms with E-state index in [1.807, 2.05) is 6.07 Å². The molecule has 1 atom stereocenters. The first-order valence-corrected chi connectivity index (χ1v) is 8.08. The summed E-state index contributed by atoms with van der Waals surface area (Å²) >= 11 is 0. The molecule has 0 saturated carbocycles. The minimum Gasteiger partial charge on any atom is -0.388 e. The van der Waals surface area contributed by atoms with E-state index < -0.39 is 6.10 Å². The van der Waals surface area contributed by atoms with Crippen LogP contribution < -0.4 is 4.90 Å². The highest BCUT2D eigenvalue weighted by Crippen LogP contribution is 2.26. The first-order chi connectivity index (χ1) is 10.5. The van der Waals surface area contributed by atoms with E-state index in [2.05, 4.69) is 69.0 Å². The number of hydrogen-bond donors (Lipinski definition) is 1. The van der Waals surface area contributed by atoms with Crippen LogP contribution in [-0.4, -0.2) is 18.2 Å². The van der Waals surface area contributed by atoms with Crippen molar-refractivity contribution in [3.63, 3.8) is 0 Å². The molecule has 0 radical (unpaired) electrons. The summed E-state index contributed by atoms with van der Waals surface area (Å²) in [6.45, 7) is 10.2. The minimum absolute atomic E-state index is 0.404. The number of para-hydroxylation sites is 1. The topological polar surface area (TPSA) is 23.5 Å². The van der Waals surface area contributed by atoms with Crippen molar-refractivity contribution in [2.24, 2.45) is 0 Å². The maximum atomic E-state index is 10.6. The molecule has 2 nitrogen and oxygen atoms in total. The van der Waals surface area contributed by atoms with E-state index in [0.29, 0.717) is 0 Å². The lowest BCUT2D eigenvalue weighted by molar-refractivity contribution is 0.168. The van der Waals surface area contributed by atoms with Gasteiger partial charge < -0.3 is 10.0 Å². The van der Waals surface area contributed by atoms with E-state index in [0.717, 1.165) is 25.1 Å². The molecule has 0 saturated heterocycles. The van der Waals surface area contributed by atoms with Crippen molar-refractivity contribution in [3.8, 4) is 0 Å². The van der Waals surface area contributed by atoms with Crippen LogP contribution in [-0.2, 0) is 0 Å². The Balaban J connectivity index is 2.08. The molecule has 0 heterocycles. The number of aliphatic hydroxyl groups is 1.